The Morgan fingerprint density at radius 2 is 1.92 bits per heavy atom. The van der Waals surface area contributed by atoms with Gasteiger partial charge in [0, 0.05) is 35.9 Å². The average molecular weight is 335 g/mol. The first-order valence-electron chi connectivity index (χ1n) is 7.94. The number of carbonyl (C=O) groups is 1. The summed E-state index contributed by atoms with van der Waals surface area (Å²) < 4.78 is 12.5. The van der Waals surface area contributed by atoms with Crippen LogP contribution in [0.2, 0.25) is 0 Å². The van der Waals surface area contributed by atoms with Crippen molar-refractivity contribution in [3.63, 3.8) is 0 Å². The van der Waals surface area contributed by atoms with Crippen molar-refractivity contribution in [2.24, 2.45) is 0 Å². The molecule has 1 amide bonds. The lowest BCUT2D eigenvalue weighted by Gasteiger charge is -2.12. The number of halogens is 1. The van der Waals surface area contributed by atoms with Crippen LogP contribution in [-0.2, 0) is 11.3 Å². The molecule has 0 bridgehead atoms. The van der Waals surface area contributed by atoms with Gasteiger partial charge in [-0.1, -0.05) is 36.4 Å². The Kier molecular flexibility index (Phi) is 5.36. The lowest BCUT2D eigenvalue weighted by atomic mass is 10.0. The minimum Gasteiger partial charge on any atom is -0.381 e. The molecule has 3 aromatic rings. The van der Waals surface area contributed by atoms with Gasteiger partial charge in [0.25, 0.3) is 5.91 Å². The van der Waals surface area contributed by atoms with Crippen LogP contribution in [0.3, 0.4) is 0 Å². The third kappa shape index (κ3) is 4.41. The topological polar surface area (TPSA) is 54.0 Å². The van der Waals surface area contributed by atoms with Crippen molar-refractivity contribution in [2.75, 3.05) is 17.3 Å². The van der Waals surface area contributed by atoms with Crippen LogP contribution in [0.4, 0.5) is 15.8 Å². The first kappa shape index (κ1) is 16.6. The molecule has 0 saturated heterocycles. The van der Waals surface area contributed by atoms with Crippen LogP contribution in [0.15, 0.2) is 73.1 Å². The molecule has 2 N–H and O–H groups in total. The maximum Gasteiger partial charge on any atom is 0.255 e. The highest BCUT2D eigenvalue weighted by Gasteiger charge is 2.08. The fourth-order valence-corrected chi connectivity index (χ4v) is 2.53. The van der Waals surface area contributed by atoms with Crippen molar-refractivity contribution in [2.45, 2.75) is 6.54 Å². The highest BCUT2D eigenvalue weighted by atomic mass is 19.1. The van der Waals surface area contributed by atoms with E-state index in [2.05, 4.69) is 15.6 Å². The van der Waals surface area contributed by atoms with Crippen molar-refractivity contribution < 1.29 is 9.18 Å². The molecule has 1 aromatic heterocycles. The Labute approximate surface area is 145 Å². The van der Waals surface area contributed by atoms with Crippen molar-refractivity contribution >= 4 is 17.3 Å². The summed E-state index contributed by atoms with van der Waals surface area (Å²) in [4.78, 5) is 15.5. The summed E-state index contributed by atoms with van der Waals surface area (Å²) in [7, 11) is 0. The molecule has 3 rings (SSSR count). The molecule has 1 heterocycles. The monoisotopic (exact) mass is 335 g/mol. The van der Waals surface area contributed by atoms with E-state index in [1.807, 2.05) is 60.8 Å². The van der Waals surface area contributed by atoms with Crippen LogP contribution in [0, 0.1) is 0 Å². The summed E-state index contributed by atoms with van der Waals surface area (Å²) in [6, 6.07) is 19.1. The Balaban J connectivity index is 1.81. The van der Waals surface area contributed by atoms with Gasteiger partial charge in [-0.05, 0) is 35.4 Å². The molecular formula is C20H18FN3O. The predicted molar refractivity (Wildman–Crippen MR) is 98.0 cm³/mol. The molecule has 5 heteroatoms. The minimum atomic E-state index is -1.04. The zero-order chi connectivity index (χ0) is 17.5. The Hall–Kier alpha value is -3.21. The van der Waals surface area contributed by atoms with Crippen LogP contribution in [-0.4, -0.2) is 17.6 Å². The highest BCUT2D eigenvalue weighted by molar-refractivity contribution is 5.96. The number of hydrogen-bond acceptors (Lipinski definition) is 3. The SMILES string of the molecule is O=C(CF)Nc1ccccc1-c1cccc(NCc2cccnc2)c1. The van der Waals surface area contributed by atoms with E-state index in [0.29, 0.717) is 12.2 Å². The van der Waals surface area contributed by atoms with Gasteiger partial charge in [0.15, 0.2) is 6.67 Å². The molecule has 0 aliphatic heterocycles. The number of carbonyl (C=O) groups excluding carboxylic acids is 1. The molecule has 0 aliphatic carbocycles. The van der Waals surface area contributed by atoms with Crippen molar-refractivity contribution in [3.8, 4) is 11.1 Å². The fourth-order valence-electron chi connectivity index (χ4n) is 2.53. The van der Waals surface area contributed by atoms with E-state index in [0.717, 1.165) is 22.4 Å². The zero-order valence-electron chi connectivity index (χ0n) is 13.6. The highest BCUT2D eigenvalue weighted by Crippen LogP contribution is 2.29. The first-order valence-corrected chi connectivity index (χ1v) is 7.94. The van der Waals surface area contributed by atoms with Gasteiger partial charge in [-0.25, -0.2) is 4.39 Å². The van der Waals surface area contributed by atoms with Crippen LogP contribution in [0.5, 0.6) is 0 Å². The molecule has 0 unspecified atom stereocenters. The average Bonchev–Trinajstić information content (AvgIpc) is 2.68. The minimum absolute atomic E-state index is 0.592. The number of alkyl halides is 1. The number of rotatable bonds is 6. The standard InChI is InChI=1S/C20H18FN3O/c21-12-20(25)24-19-9-2-1-8-18(19)16-6-3-7-17(11-16)23-14-15-5-4-10-22-13-15/h1-11,13,23H,12,14H2,(H,24,25). The van der Waals surface area contributed by atoms with Crippen LogP contribution in [0.1, 0.15) is 5.56 Å². The van der Waals surface area contributed by atoms with Crippen LogP contribution >= 0.6 is 0 Å². The quantitative estimate of drug-likeness (QED) is 0.707. The van der Waals surface area contributed by atoms with E-state index in [4.69, 9.17) is 0 Å². The van der Waals surface area contributed by atoms with Gasteiger partial charge in [-0.15, -0.1) is 0 Å². The molecule has 0 aliphatic rings. The molecule has 0 spiro atoms. The van der Waals surface area contributed by atoms with Gasteiger partial charge in [0.1, 0.15) is 0 Å². The largest absolute Gasteiger partial charge is 0.381 e. The number of nitrogens with one attached hydrogen (secondary N) is 2. The molecule has 0 saturated carbocycles. The number of amides is 1. The van der Waals surface area contributed by atoms with Gasteiger partial charge in [0.2, 0.25) is 0 Å². The fraction of sp³-hybridized carbons (Fsp3) is 0.100. The van der Waals surface area contributed by atoms with E-state index >= 15 is 0 Å². The molecule has 2 aromatic carbocycles. The number of aromatic nitrogens is 1. The number of hydrogen-bond donors (Lipinski definition) is 2. The summed E-state index contributed by atoms with van der Waals surface area (Å²) in [5.41, 5.74) is 4.41. The molecule has 0 atom stereocenters. The second kappa shape index (κ2) is 8.06. The molecular weight excluding hydrogens is 317 g/mol. The van der Waals surface area contributed by atoms with Crippen molar-refractivity contribution in [1.82, 2.24) is 4.98 Å². The third-order valence-electron chi connectivity index (χ3n) is 3.72. The molecule has 4 nitrogen and oxygen atoms in total. The van der Waals surface area contributed by atoms with Gasteiger partial charge in [-0.3, -0.25) is 9.78 Å². The predicted octanol–water partition coefficient (Wildman–Crippen LogP) is 4.27. The number of anilines is 2. The lowest BCUT2D eigenvalue weighted by Crippen LogP contribution is -2.13. The Morgan fingerprint density at radius 3 is 2.72 bits per heavy atom. The number of nitrogens with zero attached hydrogens (tertiary/aromatic N) is 1. The number of pyridine rings is 1. The van der Waals surface area contributed by atoms with E-state index in [1.165, 1.54) is 0 Å². The van der Waals surface area contributed by atoms with E-state index in [-0.39, 0.29) is 0 Å². The van der Waals surface area contributed by atoms with E-state index in [1.54, 1.807) is 12.3 Å². The summed E-state index contributed by atoms with van der Waals surface area (Å²) in [5.74, 6) is -0.654. The summed E-state index contributed by atoms with van der Waals surface area (Å²) >= 11 is 0. The van der Waals surface area contributed by atoms with Crippen LogP contribution < -0.4 is 10.6 Å². The Morgan fingerprint density at radius 1 is 1.04 bits per heavy atom. The van der Waals surface area contributed by atoms with Crippen molar-refractivity contribution in [1.29, 1.82) is 0 Å². The normalized spacial score (nSPS) is 10.3. The smallest absolute Gasteiger partial charge is 0.255 e. The van der Waals surface area contributed by atoms with Gasteiger partial charge < -0.3 is 10.6 Å². The zero-order valence-corrected chi connectivity index (χ0v) is 13.6. The molecule has 0 radical (unpaired) electrons. The Bertz CT molecular complexity index is 852. The van der Waals surface area contributed by atoms with Gasteiger partial charge in [-0.2, -0.15) is 0 Å². The maximum absolute atomic E-state index is 12.5. The van der Waals surface area contributed by atoms with Crippen molar-refractivity contribution in [3.05, 3.63) is 78.6 Å². The first-order chi connectivity index (χ1) is 12.3. The summed E-state index contributed by atoms with van der Waals surface area (Å²) in [6.07, 6.45) is 3.56. The second-order valence-corrected chi connectivity index (χ2v) is 5.52. The third-order valence-corrected chi connectivity index (χ3v) is 3.72. The number of para-hydroxylation sites is 1. The summed E-state index contributed by atoms with van der Waals surface area (Å²) in [5, 5.41) is 5.95. The summed E-state index contributed by atoms with van der Waals surface area (Å²) in [6.45, 7) is -0.376. The van der Waals surface area contributed by atoms with Gasteiger partial charge >= 0.3 is 0 Å². The van der Waals surface area contributed by atoms with E-state index < -0.39 is 12.6 Å². The second-order valence-electron chi connectivity index (χ2n) is 5.52. The van der Waals surface area contributed by atoms with E-state index in [9.17, 15) is 9.18 Å². The van der Waals surface area contributed by atoms with Crippen LogP contribution in [0.25, 0.3) is 11.1 Å². The molecule has 0 fully saturated rings. The number of benzene rings is 2. The van der Waals surface area contributed by atoms with Gasteiger partial charge in [0.05, 0.1) is 0 Å². The lowest BCUT2D eigenvalue weighted by molar-refractivity contribution is -0.117. The molecule has 126 valence electrons. The molecule has 25 heavy (non-hydrogen) atoms. The maximum atomic E-state index is 12.5.